The highest BCUT2D eigenvalue weighted by molar-refractivity contribution is 5.83. The Balaban J connectivity index is 1.76. The molecule has 0 aliphatic carbocycles. The number of urea groups is 1. The first-order chi connectivity index (χ1) is 14.8. The molecule has 1 aliphatic rings. The van der Waals surface area contributed by atoms with Crippen LogP contribution in [0.4, 0.5) is 4.79 Å². The molecule has 166 valence electrons. The van der Waals surface area contributed by atoms with E-state index in [1.165, 1.54) is 22.9 Å². The number of aryl methyl sites for hydroxylation is 1. The summed E-state index contributed by atoms with van der Waals surface area (Å²) in [5, 5.41) is 25.4. The first-order valence-electron chi connectivity index (χ1n) is 9.96. The first-order valence-corrected chi connectivity index (χ1v) is 9.96. The second-order valence-electron chi connectivity index (χ2n) is 7.43. The fourth-order valence-corrected chi connectivity index (χ4v) is 3.71. The van der Waals surface area contributed by atoms with Gasteiger partial charge in [0.15, 0.2) is 5.75 Å². The molecule has 1 fully saturated rings. The van der Waals surface area contributed by atoms with Crippen LogP contribution in [0.25, 0.3) is 11.1 Å². The van der Waals surface area contributed by atoms with Gasteiger partial charge in [-0.2, -0.15) is 5.10 Å². The molecule has 2 atom stereocenters. The third-order valence-electron chi connectivity index (χ3n) is 5.45. The number of methoxy groups -OCH3 is 1. The summed E-state index contributed by atoms with van der Waals surface area (Å²) in [5.74, 6) is -0.808. The van der Waals surface area contributed by atoms with Gasteiger partial charge in [-0.1, -0.05) is 24.3 Å². The van der Waals surface area contributed by atoms with Crippen molar-refractivity contribution in [2.24, 2.45) is 7.05 Å². The number of aliphatic hydroxyl groups is 1. The third-order valence-corrected chi connectivity index (χ3v) is 5.45. The topological polar surface area (TPSA) is 134 Å². The van der Waals surface area contributed by atoms with Crippen LogP contribution in [0.15, 0.2) is 35.3 Å². The number of nitrogens with one attached hydrogen (secondary N) is 1. The van der Waals surface area contributed by atoms with Crippen molar-refractivity contribution >= 4 is 12.0 Å². The van der Waals surface area contributed by atoms with Gasteiger partial charge in [-0.15, -0.1) is 0 Å². The van der Waals surface area contributed by atoms with Crippen molar-refractivity contribution in [2.75, 3.05) is 20.3 Å². The van der Waals surface area contributed by atoms with Crippen LogP contribution in [0.3, 0.4) is 0 Å². The van der Waals surface area contributed by atoms with E-state index < -0.39 is 18.0 Å². The average molecular weight is 430 g/mol. The summed E-state index contributed by atoms with van der Waals surface area (Å²) in [5.41, 5.74) is 1.34. The lowest BCUT2D eigenvalue weighted by Crippen LogP contribution is -2.50. The highest BCUT2D eigenvalue weighted by Gasteiger charge is 2.31. The van der Waals surface area contributed by atoms with Gasteiger partial charge in [0.2, 0.25) is 0 Å². The van der Waals surface area contributed by atoms with E-state index in [1.807, 2.05) is 0 Å². The Morgan fingerprint density at radius 3 is 2.65 bits per heavy atom. The Kier molecular flexibility index (Phi) is 6.91. The molecule has 31 heavy (non-hydrogen) atoms. The highest BCUT2D eigenvalue weighted by Crippen LogP contribution is 2.26. The van der Waals surface area contributed by atoms with Gasteiger partial charge in [-0.3, -0.25) is 4.79 Å². The molecule has 0 bridgehead atoms. The Morgan fingerprint density at radius 2 is 2.03 bits per heavy atom. The number of hydrogen-bond donors (Lipinski definition) is 3. The zero-order valence-electron chi connectivity index (χ0n) is 17.4. The molecule has 1 saturated heterocycles. The minimum absolute atomic E-state index is 0.0739. The van der Waals surface area contributed by atoms with E-state index in [0.717, 1.165) is 6.42 Å². The van der Waals surface area contributed by atoms with E-state index >= 15 is 0 Å². The summed E-state index contributed by atoms with van der Waals surface area (Å²) in [6, 6.07) is 4.93. The number of carboxylic acids is 1. The van der Waals surface area contributed by atoms with E-state index in [-0.39, 0.29) is 24.6 Å². The van der Waals surface area contributed by atoms with Gasteiger partial charge < -0.3 is 25.2 Å². The van der Waals surface area contributed by atoms with Crippen LogP contribution in [-0.4, -0.2) is 69.2 Å². The SMILES string of the molecule is COc1cnn(C)c(=O)c1-c1ccc(CC(NC(=O)N2CCCC2CO)C(=O)O)cc1. The largest absolute Gasteiger partial charge is 0.494 e. The lowest BCUT2D eigenvalue weighted by Gasteiger charge is -2.25. The van der Waals surface area contributed by atoms with Crippen molar-refractivity contribution < 1.29 is 24.5 Å². The molecule has 2 heterocycles. The number of carboxylic acid groups (broad SMARTS) is 1. The summed E-state index contributed by atoms with van der Waals surface area (Å²) in [7, 11) is 3.00. The molecule has 1 aliphatic heterocycles. The van der Waals surface area contributed by atoms with E-state index in [2.05, 4.69) is 10.4 Å². The van der Waals surface area contributed by atoms with Gasteiger partial charge in [-0.05, 0) is 24.0 Å². The lowest BCUT2D eigenvalue weighted by molar-refractivity contribution is -0.139. The number of benzene rings is 1. The summed E-state index contributed by atoms with van der Waals surface area (Å²) >= 11 is 0. The van der Waals surface area contributed by atoms with E-state index in [9.17, 15) is 24.6 Å². The van der Waals surface area contributed by atoms with Crippen molar-refractivity contribution in [3.63, 3.8) is 0 Å². The van der Waals surface area contributed by atoms with Crippen LogP contribution in [0.1, 0.15) is 18.4 Å². The predicted octanol–water partition coefficient (Wildman–Crippen LogP) is 0.618. The van der Waals surface area contributed by atoms with Crippen LogP contribution in [0, 0.1) is 0 Å². The normalized spacial score (nSPS) is 16.7. The minimum Gasteiger partial charge on any atom is -0.494 e. The van der Waals surface area contributed by atoms with E-state index in [1.54, 1.807) is 31.3 Å². The number of ether oxygens (including phenoxy) is 1. The average Bonchev–Trinajstić information content (AvgIpc) is 3.24. The van der Waals surface area contributed by atoms with Crippen LogP contribution in [-0.2, 0) is 18.3 Å². The van der Waals surface area contributed by atoms with Crippen molar-refractivity contribution in [3.05, 3.63) is 46.4 Å². The number of nitrogens with zero attached hydrogens (tertiary/aromatic N) is 3. The Hall–Kier alpha value is -3.40. The predicted molar refractivity (Wildman–Crippen MR) is 112 cm³/mol. The molecule has 0 saturated carbocycles. The maximum atomic E-state index is 12.5. The van der Waals surface area contributed by atoms with E-state index in [4.69, 9.17) is 4.74 Å². The first kappa shape index (κ1) is 22.3. The molecular formula is C21H26N4O6. The zero-order chi connectivity index (χ0) is 22.5. The smallest absolute Gasteiger partial charge is 0.326 e. The standard InChI is InChI=1S/C21H26N4O6/c1-24-19(27)18(17(31-2)11-22-24)14-7-5-13(6-8-14)10-16(20(28)29)23-21(30)25-9-3-4-15(25)12-26/h5-8,11,15-16,26H,3-4,9-10,12H2,1-2H3,(H,23,30)(H,28,29). The third kappa shape index (κ3) is 4.85. The summed E-state index contributed by atoms with van der Waals surface area (Å²) in [6.07, 6.45) is 3.00. The molecule has 0 spiro atoms. The number of hydrogen-bond acceptors (Lipinski definition) is 6. The summed E-state index contributed by atoms with van der Waals surface area (Å²) < 4.78 is 6.46. The second kappa shape index (κ2) is 9.61. The van der Waals surface area contributed by atoms with Crippen molar-refractivity contribution in [2.45, 2.75) is 31.3 Å². The molecular weight excluding hydrogens is 404 g/mol. The van der Waals surface area contributed by atoms with Gasteiger partial charge in [-0.25, -0.2) is 14.3 Å². The highest BCUT2D eigenvalue weighted by atomic mass is 16.5. The van der Waals surface area contributed by atoms with Crippen LogP contribution in [0.5, 0.6) is 5.75 Å². The summed E-state index contributed by atoms with van der Waals surface area (Å²) in [4.78, 5) is 38.1. The molecule has 1 aromatic heterocycles. The molecule has 2 unspecified atom stereocenters. The maximum Gasteiger partial charge on any atom is 0.326 e. The molecule has 10 heteroatoms. The van der Waals surface area contributed by atoms with Gasteiger partial charge in [0.1, 0.15) is 6.04 Å². The number of aromatic nitrogens is 2. The zero-order valence-corrected chi connectivity index (χ0v) is 17.4. The number of aliphatic hydroxyl groups excluding tert-OH is 1. The quantitative estimate of drug-likeness (QED) is 0.586. The van der Waals surface area contributed by atoms with Gasteiger partial charge in [0, 0.05) is 20.0 Å². The number of aliphatic carboxylic acids is 1. The van der Waals surface area contributed by atoms with Gasteiger partial charge in [0.05, 0.1) is 31.5 Å². The van der Waals surface area contributed by atoms with Gasteiger partial charge in [0.25, 0.3) is 5.56 Å². The maximum absolute atomic E-state index is 12.5. The van der Waals surface area contributed by atoms with Crippen molar-refractivity contribution in [1.29, 1.82) is 0 Å². The number of amides is 2. The fraction of sp³-hybridized carbons (Fsp3) is 0.429. The monoisotopic (exact) mass is 430 g/mol. The second-order valence-corrected chi connectivity index (χ2v) is 7.43. The van der Waals surface area contributed by atoms with E-state index in [0.29, 0.717) is 35.4 Å². The molecule has 2 aromatic rings. The van der Waals surface area contributed by atoms with Gasteiger partial charge >= 0.3 is 12.0 Å². The fourth-order valence-electron chi connectivity index (χ4n) is 3.71. The minimum atomic E-state index is -1.15. The number of carbonyl (C=O) groups excluding carboxylic acids is 1. The van der Waals surface area contributed by atoms with Crippen LogP contribution >= 0.6 is 0 Å². The van der Waals surface area contributed by atoms with Crippen molar-refractivity contribution in [3.8, 4) is 16.9 Å². The molecule has 0 radical (unpaired) electrons. The summed E-state index contributed by atoms with van der Waals surface area (Å²) in [6.45, 7) is 0.339. The molecule has 3 rings (SSSR count). The molecule has 10 nitrogen and oxygen atoms in total. The Morgan fingerprint density at radius 1 is 1.32 bits per heavy atom. The molecule has 2 amide bonds. The van der Waals surface area contributed by atoms with Crippen molar-refractivity contribution in [1.82, 2.24) is 20.0 Å². The Bertz CT molecular complexity index is 1000. The van der Waals surface area contributed by atoms with Crippen LogP contribution in [0.2, 0.25) is 0 Å². The number of rotatable bonds is 7. The number of carbonyl (C=O) groups is 2. The van der Waals surface area contributed by atoms with Crippen LogP contribution < -0.4 is 15.6 Å². The Labute approximate surface area is 179 Å². The number of likely N-dealkylation sites (tertiary alicyclic amines) is 1. The lowest BCUT2D eigenvalue weighted by atomic mass is 10.0. The molecule has 3 N–H and O–H groups in total. The molecule has 1 aromatic carbocycles.